The van der Waals surface area contributed by atoms with Crippen molar-refractivity contribution >= 4 is 0 Å². The highest BCUT2D eigenvalue weighted by Crippen LogP contribution is 2.25. The van der Waals surface area contributed by atoms with Crippen molar-refractivity contribution in [3.8, 4) is 11.7 Å². The molecule has 2 unspecified atom stereocenters. The number of rotatable bonds is 4. The Morgan fingerprint density at radius 2 is 2.30 bits per heavy atom. The van der Waals surface area contributed by atoms with Crippen LogP contribution in [0, 0.1) is 0 Å². The maximum Gasteiger partial charge on any atom is 0.283 e. The average Bonchev–Trinajstić information content (AvgIpc) is 3.11. The van der Waals surface area contributed by atoms with E-state index in [1.165, 1.54) is 12.8 Å². The lowest BCUT2D eigenvalue weighted by Crippen LogP contribution is -2.48. The fourth-order valence-corrected chi connectivity index (χ4v) is 2.85. The Morgan fingerprint density at radius 3 is 3.05 bits per heavy atom. The molecule has 0 aliphatic carbocycles. The number of aromatic nitrogens is 2. The van der Waals surface area contributed by atoms with Gasteiger partial charge in [0.1, 0.15) is 0 Å². The number of nitrogens with zero attached hydrogens (tertiary/aromatic N) is 3. The van der Waals surface area contributed by atoms with Crippen LogP contribution in [0.25, 0.3) is 11.7 Å². The van der Waals surface area contributed by atoms with E-state index in [0.717, 1.165) is 6.42 Å². The van der Waals surface area contributed by atoms with Crippen molar-refractivity contribution in [2.24, 2.45) is 5.73 Å². The molecule has 0 aromatic carbocycles. The second-order valence-electron chi connectivity index (χ2n) is 5.32. The maximum atomic E-state index is 5.87. The fraction of sp³-hybridized carbons (Fsp3) is 0.571. The number of piperidine rings is 1. The van der Waals surface area contributed by atoms with Gasteiger partial charge in [0, 0.05) is 18.6 Å². The standard InChI is InChI=1S/C14H20N4O2/c1-10-4-2-5-11(8-15)18(10)9-13-16-17-14(20-13)12-6-3-7-19-12/h3,6-7,10-11H,2,4-5,8-9,15H2,1H3. The smallest absolute Gasteiger partial charge is 0.283 e. The summed E-state index contributed by atoms with van der Waals surface area (Å²) in [5.74, 6) is 1.65. The van der Waals surface area contributed by atoms with Crippen LogP contribution < -0.4 is 5.73 Å². The van der Waals surface area contributed by atoms with E-state index >= 15 is 0 Å². The summed E-state index contributed by atoms with van der Waals surface area (Å²) in [6.45, 7) is 3.55. The molecule has 1 aliphatic heterocycles. The van der Waals surface area contributed by atoms with Crippen LogP contribution in [0.15, 0.2) is 27.2 Å². The summed E-state index contributed by atoms with van der Waals surface area (Å²) < 4.78 is 10.9. The quantitative estimate of drug-likeness (QED) is 0.920. The molecule has 0 amide bonds. The molecule has 20 heavy (non-hydrogen) atoms. The predicted octanol–water partition coefficient (Wildman–Crippen LogP) is 2.03. The van der Waals surface area contributed by atoms with Crippen molar-refractivity contribution < 1.29 is 8.83 Å². The van der Waals surface area contributed by atoms with Gasteiger partial charge in [-0.1, -0.05) is 6.42 Å². The minimum Gasteiger partial charge on any atom is -0.459 e. The first-order valence-electron chi connectivity index (χ1n) is 7.10. The van der Waals surface area contributed by atoms with Crippen LogP contribution in [0.4, 0.5) is 0 Å². The largest absolute Gasteiger partial charge is 0.459 e. The molecule has 0 radical (unpaired) electrons. The molecule has 2 N–H and O–H groups in total. The lowest BCUT2D eigenvalue weighted by atomic mass is 9.96. The molecule has 3 heterocycles. The molecule has 1 aliphatic rings. The minimum absolute atomic E-state index is 0.401. The van der Waals surface area contributed by atoms with Crippen molar-refractivity contribution in [1.29, 1.82) is 0 Å². The zero-order valence-electron chi connectivity index (χ0n) is 11.7. The van der Waals surface area contributed by atoms with Gasteiger partial charge in [-0.3, -0.25) is 4.90 Å². The Morgan fingerprint density at radius 1 is 1.40 bits per heavy atom. The van der Waals surface area contributed by atoms with Crippen LogP contribution in [0.1, 0.15) is 32.1 Å². The molecule has 108 valence electrons. The van der Waals surface area contributed by atoms with Gasteiger partial charge in [0.05, 0.1) is 12.8 Å². The summed E-state index contributed by atoms with van der Waals surface area (Å²) in [7, 11) is 0. The maximum absolute atomic E-state index is 5.87. The normalized spacial score (nSPS) is 24.1. The summed E-state index contributed by atoms with van der Waals surface area (Å²) >= 11 is 0. The molecule has 6 nitrogen and oxygen atoms in total. The first-order valence-corrected chi connectivity index (χ1v) is 7.10. The summed E-state index contributed by atoms with van der Waals surface area (Å²) in [4.78, 5) is 2.36. The van der Waals surface area contributed by atoms with E-state index in [2.05, 4.69) is 22.0 Å². The second kappa shape index (κ2) is 5.76. The van der Waals surface area contributed by atoms with Crippen LogP contribution >= 0.6 is 0 Å². The Bertz CT molecular complexity index is 537. The zero-order valence-corrected chi connectivity index (χ0v) is 11.7. The molecule has 6 heteroatoms. The van der Waals surface area contributed by atoms with Crippen LogP contribution in [-0.4, -0.2) is 33.7 Å². The van der Waals surface area contributed by atoms with E-state index in [1.807, 2.05) is 6.07 Å². The number of hydrogen-bond acceptors (Lipinski definition) is 6. The molecule has 0 spiro atoms. The van der Waals surface area contributed by atoms with Gasteiger partial charge >= 0.3 is 0 Å². The molecule has 0 saturated carbocycles. The van der Waals surface area contributed by atoms with Gasteiger partial charge in [0.2, 0.25) is 5.89 Å². The Balaban J connectivity index is 1.73. The first kappa shape index (κ1) is 13.3. The van der Waals surface area contributed by atoms with Gasteiger partial charge in [-0.2, -0.15) is 0 Å². The van der Waals surface area contributed by atoms with Crippen LogP contribution in [0.3, 0.4) is 0 Å². The van der Waals surface area contributed by atoms with E-state index in [0.29, 0.717) is 42.7 Å². The summed E-state index contributed by atoms with van der Waals surface area (Å²) in [5, 5.41) is 8.14. The Labute approximate surface area is 117 Å². The highest BCUT2D eigenvalue weighted by atomic mass is 16.4. The summed E-state index contributed by atoms with van der Waals surface area (Å²) in [5.41, 5.74) is 5.87. The molecule has 3 rings (SSSR count). The lowest BCUT2D eigenvalue weighted by molar-refractivity contribution is 0.0796. The molecule has 2 aromatic rings. The highest BCUT2D eigenvalue weighted by Gasteiger charge is 2.28. The summed E-state index contributed by atoms with van der Waals surface area (Å²) in [6.07, 6.45) is 5.16. The minimum atomic E-state index is 0.401. The lowest BCUT2D eigenvalue weighted by Gasteiger charge is -2.39. The number of furan rings is 1. The monoisotopic (exact) mass is 276 g/mol. The van der Waals surface area contributed by atoms with Crippen LogP contribution in [0.2, 0.25) is 0 Å². The van der Waals surface area contributed by atoms with Gasteiger partial charge < -0.3 is 14.6 Å². The first-order chi connectivity index (χ1) is 9.78. The molecule has 2 aromatic heterocycles. The van der Waals surface area contributed by atoms with Gasteiger partial charge in [-0.25, -0.2) is 0 Å². The number of likely N-dealkylation sites (tertiary alicyclic amines) is 1. The van der Waals surface area contributed by atoms with Gasteiger partial charge in [-0.15, -0.1) is 10.2 Å². The van der Waals surface area contributed by atoms with E-state index < -0.39 is 0 Å². The van der Waals surface area contributed by atoms with Crippen LogP contribution in [0.5, 0.6) is 0 Å². The van der Waals surface area contributed by atoms with Gasteiger partial charge in [0.15, 0.2) is 5.76 Å². The van der Waals surface area contributed by atoms with E-state index in [-0.39, 0.29) is 0 Å². The van der Waals surface area contributed by atoms with Gasteiger partial charge in [-0.05, 0) is 31.9 Å². The molecule has 2 atom stereocenters. The van der Waals surface area contributed by atoms with Crippen molar-refractivity contribution in [2.45, 2.75) is 44.8 Å². The van der Waals surface area contributed by atoms with Crippen molar-refractivity contribution in [1.82, 2.24) is 15.1 Å². The van der Waals surface area contributed by atoms with Gasteiger partial charge in [0.25, 0.3) is 5.89 Å². The number of hydrogen-bond donors (Lipinski definition) is 1. The molecule has 1 fully saturated rings. The molecular formula is C14H20N4O2. The summed E-state index contributed by atoms with van der Waals surface area (Å²) in [6, 6.07) is 4.51. The van der Waals surface area contributed by atoms with Crippen molar-refractivity contribution in [3.63, 3.8) is 0 Å². The Kier molecular flexibility index (Phi) is 3.84. The Hall–Kier alpha value is -1.66. The second-order valence-corrected chi connectivity index (χ2v) is 5.32. The fourth-order valence-electron chi connectivity index (χ4n) is 2.85. The van der Waals surface area contributed by atoms with Crippen molar-refractivity contribution in [2.75, 3.05) is 6.54 Å². The van der Waals surface area contributed by atoms with E-state index in [9.17, 15) is 0 Å². The van der Waals surface area contributed by atoms with E-state index in [4.69, 9.17) is 14.6 Å². The highest BCUT2D eigenvalue weighted by molar-refractivity contribution is 5.42. The molecule has 1 saturated heterocycles. The van der Waals surface area contributed by atoms with E-state index in [1.54, 1.807) is 12.3 Å². The topological polar surface area (TPSA) is 81.3 Å². The predicted molar refractivity (Wildman–Crippen MR) is 73.7 cm³/mol. The third-order valence-corrected chi connectivity index (χ3v) is 3.98. The van der Waals surface area contributed by atoms with Crippen LogP contribution in [-0.2, 0) is 6.54 Å². The third kappa shape index (κ3) is 2.62. The SMILES string of the molecule is CC1CCCC(CN)N1Cc1nnc(-c2ccco2)o1. The molecular weight excluding hydrogens is 256 g/mol. The average molecular weight is 276 g/mol. The zero-order chi connectivity index (χ0) is 13.9. The molecule has 0 bridgehead atoms. The number of nitrogens with two attached hydrogens (primary N) is 1. The van der Waals surface area contributed by atoms with Crippen molar-refractivity contribution in [3.05, 3.63) is 24.3 Å². The third-order valence-electron chi connectivity index (χ3n) is 3.98.